The average molecular weight is 178 g/mol. The summed E-state index contributed by atoms with van der Waals surface area (Å²) in [6.45, 7) is 6.22. The number of benzene rings is 1. The summed E-state index contributed by atoms with van der Waals surface area (Å²) in [5.41, 5.74) is 3.85. The van der Waals surface area contributed by atoms with E-state index in [1.807, 2.05) is 6.92 Å². The van der Waals surface area contributed by atoms with Gasteiger partial charge in [0.2, 0.25) is 0 Å². The molecule has 0 unspecified atom stereocenters. The van der Waals surface area contributed by atoms with Gasteiger partial charge in [-0.15, -0.1) is 0 Å². The third kappa shape index (κ3) is 2.85. The summed E-state index contributed by atoms with van der Waals surface area (Å²) >= 11 is 0. The molecular weight excluding hydrogens is 160 g/mol. The van der Waals surface area contributed by atoms with Crippen LogP contribution in [0.4, 0.5) is 0 Å². The molecule has 0 spiro atoms. The van der Waals surface area contributed by atoms with Gasteiger partial charge in [0, 0.05) is 0 Å². The van der Waals surface area contributed by atoms with Crippen LogP contribution in [0.2, 0.25) is 0 Å². The molecule has 0 amide bonds. The van der Waals surface area contributed by atoms with Gasteiger partial charge in [-0.1, -0.05) is 25.1 Å². The predicted molar refractivity (Wildman–Crippen MR) is 55.9 cm³/mol. The molecule has 0 heterocycles. The molecule has 1 rings (SSSR count). The highest BCUT2D eigenvalue weighted by atomic mass is 16.3. The summed E-state index contributed by atoms with van der Waals surface area (Å²) in [5, 5.41) is 9.47. The van der Waals surface area contributed by atoms with Crippen LogP contribution >= 0.6 is 0 Å². The summed E-state index contributed by atoms with van der Waals surface area (Å²) in [5.74, 6) is 0. The Hall–Kier alpha value is -0.820. The van der Waals surface area contributed by atoms with Crippen molar-refractivity contribution in [1.29, 1.82) is 0 Å². The Morgan fingerprint density at radius 2 is 1.92 bits per heavy atom. The Bertz CT molecular complexity index is 278. The van der Waals surface area contributed by atoms with Crippen LogP contribution in [0.5, 0.6) is 0 Å². The molecule has 1 aromatic carbocycles. The molecule has 1 N–H and O–H groups in total. The second-order valence-corrected chi connectivity index (χ2v) is 3.68. The summed E-state index contributed by atoms with van der Waals surface area (Å²) in [6.07, 6.45) is 1.41. The maximum Gasteiger partial charge on any atom is 0.0577 e. The maximum absolute atomic E-state index is 9.47. The highest BCUT2D eigenvalue weighted by Crippen LogP contribution is 2.12. The lowest BCUT2D eigenvalue weighted by Crippen LogP contribution is -2.08. The summed E-state index contributed by atoms with van der Waals surface area (Å²) in [4.78, 5) is 0. The van der Waals surface area contributed by atoms with Gasteiger partial charge in [0.25, 0.3) is 0 Å². The van der Waals surface area contributed by atoms with E-state index in [-0.39, 0.29) is 6.10 Å². The zero-order valence-electron chi connectivity index (χ0n) is 8.67. The Morgan fingerprint density at radius 3 is 2.46 bits per heavy atom. The Balaban J connectivity index is 2.73. The number of aliphatic hydroxyl groups is 1. The van der Waals surface area contributed by atoms with Crippen LogP contribution < -0.4 is 0 Å². The van der Waals surface area contributed by atoms with Gasteiger partial charge in [-0.25, -0.2) is 0 Å². The molecule has 0 saturated heterocycles. The molecule has 0 aromatic heterocycles. The first kappa shape index (κ1) is 10.3. The lowest BCUT2D eigenvalue weighted by molar-refractivity contribution is 0.171. The standard InChI is InChI=1S/C12H18O/c1-4-12(13)8-11-6-5-9(2)10(3)7-11/h5-7,12-13H,4,8H2,1-3H3/t12-/m0/s1. The Kier molecular flexibility index (Phi) is 3.49. The van der Waals surface area contributed by atoms with Gasteiger partial charge in [-0.2, -0.15) is 0 Å². The van der Waals surface area contributed by atoms with E-state index in [9.17, 15) is 5.11 Å². The van der Waals surface area contributed by atoms with Crippen LogP contribution in [-0.4, -0.2) is 11.2 Å². The first-order valence-electron chi connectivity index (χ1n) is 4.87. The smallest absolute Gasteiger partial charge is 0.0577 e. The van der Waals surface area contributed by atoms with Gasteiger partial charge in [0.05, 0.1) is 6.10 Å². The van der Waals surface area contributed by atoms with E-state index in [4.69, 9.17) is 0 Å². The minimum Gasteiger partial charge on any atom is -0.393 e. The van der Waals surface area contributed by atoms with Crippen molar-refractivity contribution in [2.75, 3.05) is 0 Å². The first-order chi connectivity index (χ1) is 6.13. The van der Waals surface area contributed by atoms with Crippen molar-refractivity contribution in [2.24, 2.45) is 0 Å². The normalized spacial score (nSPS) is 12.9. The van der Waals surface area contributed by atoms with Crippen LogP contribution in [0, 0.1) is 13.8 Å². The van der Waals surface area contributed by atoms with Crippen LogP contribution in [0.25, 0.3) is 0 Å². The molecule has 0 saturated carbocycles. The molecule has 1 atom stereocenters. The minimum absolute atomic E-state index is 0.192. The average Bonchev–Trinajstić information content (AvgIpc) is 2.11. The molecule has 0 aliphatic rings. The maximum atomic E-state index is 9.47. The van der Waals surface area contributed by atoms with Crippen molar-refractivity contribution in [3.05, 3.63) is 34.9 Å². The quantitative estimate of drug-likeness (QED) is 0.754. The molecule has 0 fully saturated rings. The molecule has 72 valence electrons. The molecular formula is C12H18O. The molecule has 1 nitrogen and oxygen atoms in total. The number of aliphatic hydroxyl groups excluding tert-OH is 1. The topological polar surface area (TPSA) is 20.2 Å². The molecule has 1 aromatic rings. The van der Waals surface area contributed by atoms with E-state index in [1.165, 1.54) is 16.7 Å². The largest absolute Gasteiger partial charge is 0.393 e. The molecule has 0 aliphatic carbocycles. The lowest BCUT2D eigenvalue weighted by atomic mass is 10.0. The van der Waals surface area contributed by atoms with Crippen LogP contribution in [-0.2, 0) is 6.42 Å². The van der Waals surface area contributed by atoms with E-state index < -0.39 is 0 Å². The lowest BCUT2D eigenvalue weighted by Gasteiger charge is -2.09. The zero-order chi connectivity index (χ0) is 9.84. The van der Waals surface area contributed by atoms with E-state index in [0.29, 0.717) is 0 Å². The highest BCUT2D eigenvalue weighted by molar-refractivity contribution is 5.30. The van der Waals surface area contributed by atoms with Crippen LogP contribution in [0.15, 0.2) is 18.2 Å². The molecule has 0 radical (unpaired) electrons. The van der Waals surface area contributed by atoms with Gasteiger partial charge in [0.1, 0.15) is 0 Å². The van der Waals surface area contributed by atoms with Crippen molar-refractivity contribution >= 4 is 0 Å². The minimum atomic E-state index is -0.192. The fourth-order valence-electron chi connectivity index (χ4n) is 1.35. The third-order valence-corrected chi connectivity index (χ3v) is 2.51. The summed E-state index contributed by atoms with van der Waals surface area (Å²) < 4.78 is 0. The van der Waals surface area contributed by atoms with Gasteiger partial charge in [-0.05, 0) is 43.4 Å². The number of hydrogen-bond acceptors (Lipinski definition) is 1. The second-order valence-electron chi connectivity index (χ2n) is 3.68. The van der Waals surface area contributed by atoms with Gasteiger partial charge < -0.3 is 5.11 Å². The summed E-state index contributed by atoms with van der Waals surface area (Å²) in [7, 11) is 0. The zero-order valence-corrected chi connectivity index (χ0v) is 8.67. The van der Waals surface area contributed by atoms with Crippen LogP contribution in [0.3, 0.4) is 0 Å². The van der Waals surface area contributed by atoms with Gasteiger partial charge in [-0.3, -0.25) is 0 Å². The summed E-state index contributed by atoms with van der Waals surface area (Å²) in [6, 6.07) is 6.38. The van der Waals surface area contributed by atoms with Crippen molar-refractivity contribution in [2.45, 2.75) is 39.7 Å². The molecule has 0 aliphatic heterocycles. The van der Waals surface area contributed by atoms with Crippen molar-refractivity contribution in [1.82, 2.24) is 0 Å². The molecule has 13 heavy (non-hydrogen) atoms. The third-order valence-electron chi connectivity index (χ3n) is 2.51. The molecule has 1 heteroatoms. The second kappa shape index (κ2) is 4.43. The SMILES string of the molecule is CC[C@H](O)Cc1ccc(C)c(C)c1. The fourth-order valence-corrected chi connectivity index (χ4v) is 1.35. The van der Waals surface area contributed by atoms with E-state index >= 15 is 0 Å². The number of hydrogen-bond donors (Lipinski definition) is 1. The van der Waals surface area contributed by atoms with Gasteiger partial charge in [0.15, 0.2) is 0 Å². The first-order valence-corrected chi connectivity index (χ1v) is 4.87. The van der Waals surface area contributed by atoms with Crippen molar-refractivity contribution in [3.8, 4) is 0 Å². The fraction of sp³-hybridized carbons (Fsp3) is 0.500. The number of rotatable bonds is 3. The van der Waals surface area contributed by atoms with E-state index in [0.717, 1.165) is 12.8 Å². The van der Waals surface area contributed by atoms with Crippen molar-refractivity contribution < 1.29 is 5.11 Å². The van der Waals surface area contributed by atoms with Crippen molar-refractivity contribution in [3.63, 3.8) is 0 Å². The van der Waals surface area contributed by atoms with Crippen LogP contribution in [0.1, 0.15) is 30.0 Å². The number of aryl methyl sites for hydroxylation is 2. The van der Waals surface area contributed by atoms with Gasteiger partial charge >= 0.3 is 0 Å². The predicted octanol–water partition coefficient (Wildman–Crippen LogP) is 2.62. The highest BCUT2D eigenvalue weighted by Gasteiger charge is 2.03. The Morgan fingerprint density at radius 1 is 1.23 bits per heavy atom. The van der Waals surface area contributed by atoms with E-state index in [2.05, 4.69) is 32.0 Å². The monoisotopic (exact) mass is 178 g/mol. The van der Waals surface area contributed by atoms with E-state index in [1.54, 1.807) is 0 Å². The Labute approximate surface area is 80.4 Å². The molecule has 0 bridgehead atoms.